The second-order valence-corrected chi connectivity index (χ2v) is 12.6. The fraction of sp³-hybridized carbons (Fsp3) is 0.812. The Balaban J connectivity index is 2.55. The van der Waals surface area contributed by atoms with Gasteiger partial charge in [-0.15, -0.1) is 0 Å². The van der Waals surface area contributed by atoms with E-state index in [1.165, 1.54) is 37.8 Å². The summed E-state index contributed by atoms with van der Waals surface area (Å²) < 4.78 is 183. The lowest BCUT2D eigenvalue weighted by atomic mass is 9.91. The van der Waals surface area contributed by atoms with Crippen molar-refractivity contribution in [3.63, 3.8) is 0 Å². The summed E-state index contributed by atoms with van der Waals surface area (Å²) in [5.41, 5.74) is 0.705. The third kappa shape index (κ3) is 11.0. The standard InChI is InChI=1S/C32H45F13O2/c1-6-21(2)10-7-11-22(3)12-8-13-23(4)24(5)47-20-25-14-16-26(17-15-25)46-19-9-18-27(33,34)28(35,36)29(37,38)30(39,40)31(41,42)32(43,44)45/h14-17,21-24H,6-13,18-20H2,1-5H3/t21-,22+,23-,24+/m0/s1. The van der Waals surface area contributed by atoms with Gasteiger partial charge in [0.2, 0.25) is 0 Å². The van der Waals surface area contributed by atoms with Gasteiger partial charge in [0.15, 0.2) is 0 Å². The first-order valence-electron chi connectivity index (χ1n) is 15.6. The molecule has 0 aromatic heterocycles. The summed E-state index contributed by atoms with van der Waals surface area (Å²) in [6.45, 7) is 10.2. The van der Waals surface area contributed by atoms with Crippen molar-refractivity contribution in [2.24, 2.45) is 17.8 Å². The van der Waals surface area contributed by atoms with Gasteiger partial charge in [0.05, 0.1) is 19.3 Å². The number of hydrogen-bond acceptors (Lipinski definition) is 2. The van der Waals surface area contributed by atoms with Crippen molar-refractivity contribution in [3.8, 4) is 5.75 Å². The molecule has 0 fully saturated rings. The molecule has 0 saturated carbocycles. The van der Waals surface area contributed by atoms with Gasteiger partial charge < -0.3 is 9.47 Å². The zero-order valence-corrected chi connectivity index (χ0v) is 27.1. The highest BCUT2D eigenvalue weighted by atomic mass is 19.4. The smallest absolute Gasteiger partial charge is 0.460 e. The Labute approximate surface area is 267 Å². The minimum Gasteiger partial charge on any atom is -0.494 e. The summed E-state index contributed by atoms with van der Waals surface area (Å²) in [5, 5.41) is 0. The minimum atomic E-state index is -7.89. The Hall–Kier alpha value is -1.93. The highest BCUT2D eigenvalue weighted by Crippen LogP contribution is 2.60. The molecule has 1 rings (SSSR count). The van der Waals surface area contributed by atoms with Crippen LogP contribution in [0.1, 0.15) is 98.0 Å². The third-order valence-electron chi connectivity index (χ3n) is 8.59. The maximum Gasteiger partial charge on any atom is 0.460 e. The van der Waals surface area contributed by atoms with Gasteiger partial charge in [-0.2, -0.15) is 57.1 Å². The van der Waals surface area contributed by atoms with E-state index in [0.717, 1.165) is 25.2 Å². The Morgan fingerprint density at radius 2 is 1.09 bits per heavy atom. The maximum absolute atomic E-state index is 13.9. The van der Waals surface area contributed by atoms with E-state index >= 15 is 0 Å². The summed E-state index contributed by atoms with van der Waals surface area (Å²) in [6, 6.07) is 5.85. The van der Waals surface area contributed by atoms with Crippen molar-refractivity contribution in [1.82, 2.24) is 0 Å². The Morgan fingerprint density at radius 3 is 1.60 bits per heavy atom. The molecule has 0 aliphatic heterocycles. The summed E-state index contributed by atoms with van der Waals surface area (Å²) in [6.07, 6.45) is -2.84. The first-order chi connectivity index (χ1) is 21.4. The molecule has 0 radical (unpaired) electrons. The number of halogens is 13. The highest BCUT2D eigenvalue weighted by Gasteiger charge is 2.90. The van der Waals surface area contributed by atoms with E-state index in [-0.39, 0.29) is 18.5 Å². The van der Waals surface area contributed by atoms with E-state index in [1.54, 1.807) is 12.1 Å². The van der Waals surface area contributed by atoms with Crippen LogP contribution in [-0.2, 0) is 11.3 Å². The van der Waals surface area contributed by atoms with Crippen LogP contribution in [0.3, 0.4) is 0 Å². The largest absolute Gasteiger partial charge is 0.494 e. The molecule has 0 aliphatic carbocycles. The average molecular weight is 709 g/mol. The third-order valence-corrected chi connectivity index (χ3v) is 8.59. The zero-order chi connectivity index (χ0) is 36.5. The summed E-state index contributed by atoms with van der Waals surface area (Å²) in [5.74, 6) is -35.0. The van der Waals surface area contributed by atoms with E-state index in [1.807, 2.05) is 6.92 Å². The molecule has 276 valence electrons. The van der Waals surface area contributed by atoms with Crippen molar-refractivity contribution in [2.75, 3.05) is 6.61 Å². The van der Waals surface area contributed by atoms with Gasteiger partial charge >= 0.3 is 35.8 Å². The number of hydrogen-bond donors (Lipinski definition) is 0. The van der Waals surface area contributed by atoms with Crippen LogP contribution in [0.15, 0.2) is 24.3 Å². The van der Waals surface area contributed by atoms with Crippen molar-refractivity contribution in [2.45, 2.75) is 141 Å². The van der Waals surface area contributed by atoms with Crippen LogP contribution in [0.4, 0.5) is 57.1 Å². The second-order valence-electron chi connectivity index (χ2n) is 12.6. The monoisotopic (exact) mass is 708 g/mol. The first kappa shape index (κ1) is 43.1. The summed E-state index contributed by atoms with van der Waals surface area (Å²) >= 11 is 0. The fourth-order valence-electron chi connectivity index (χ4n) is 4.70. The van der Waals surface area contributed by atoms with Crippen LogP contribution in [0.5, 0.6) is 5.75 Å². The lowest BCUT2D eigenvalue weighted by molar-refractivity contribution is -0.440. The molecule has 0 heterocycles. The molecule has 0 N–H and O–H groups in total. The Bertz CT molecular complexity index is 1040. The lowest BCUT2D eigenvalue weighted by Gasteiger charge is -2.39. The van der Waals surface area contributed by atoms with E-state index in [2.05, 4.69) is 27.7 Å². The molecular formula is C32H45F13O2. The molecule has 0 amide bonds. The van der Waals surface area contributed by atoms with E-state index < -0.39 is 55.2 Å². The predicted molar refractivity (Wildman–Crippen MR) is 152 cm³/mol. The quantitative estimate of drug-likeness (QED) is 0.0882. The molecule has 1 aromatic rings. The van der Waals surface area contributed by atoms with Crippen LogP contribution in [0.25, 0.3) is 0 Å². The van der Waals surface area contributed by atoms with Gasteiger partial charge in [0, 0.05) is 6.42 Å². The molecule has 15 heteroatoms. The van der Waals surface area contributed by atoms with Gasteiger partial charge in [0.1, 0.15) is 5.75 Å². The van der Waals surface area contributed by atoms with Crippen molar-refractivity contribution < 1.29 is 66.5 Å². The topological polar surface area (TPSA) is 18.5 Å². The van der Waals surface area contributed by atoms with Gasteiger partial charge in [0.25, 0.3) is 0 Å². The van der Waals surface area contributed by atoms with Gasteiger partial charge in [-0.25, -0.2) is 0 Å². The molecule has 0 unspecified atom stereocenters. The number of benzene rings is 1. The molecule has 0 saturated heterocycles. The van der Waals surface area contributed by atoms with Crippen LogP contribution in [0.2, 0.25) is 0 Å². The molecule has 0 bridgehead atoms. The first-order valence-corrected chi connectivity index (χ1v) is 15.6. The highest BCUT2D eigenvalue weighted by molar-refractivity contribution is 5.26. The Morgan fingerprint density at radius 1 is 0.596 bits per heavy atom. The fourth-order valence-corrected chi connectivity index (χ4v) is 4.70. The minimum absolute atomic E-state index is 0.0326. The average Bonchev–Trinajstić information content (AvgIpc) is 2.97. The van der Waals surface area contributed by atoms with Gasteiger partial charge in [-0.1, -0.05) is 78.4 Å². The van der Waals surface area contributed by atoms with Crippen molar-refractivity contribution in [3.05, 3.63) is 29.8 Å². The summed E-state index contributed by atoms with van der Waals surface area (Å²) in [4.78, 5) is 0. The van der Waals surface area contributed by atoms with Crippen LogP contribution >= 0.6 is 0 Å². The number of ether oxygens (including phenoxy) is 2. The van der Waals surface area contributed by atoms with E-state index in [9.17, 15) is 57.1 Å². The van der Waals surface area contributed by atoms with Crippen LogP contribution < -0.4 is 4.74 Å². The molecule has 2 nitrogen and oxygen atoms in total. The van der Waals surface area contributed by atoms with Gasteiger partial charge in [-0.3, -0.25) is 0 Å². The number of rotatable bonds is 22. The normalized spacial score (nSPS) is 16.6. The maximum atomic E-state index is 13.9. The summed E-state index contributed by atoms with van der Waals surface area (Å²) in [7, 11) is 0. The SMILES string of the molecule is CC[C@H](C)CCC[C@@H](C)CCC[C@H](C)[C@@H](C)OCc1ccc(OCCCC(F)(F)C(F)(F)C(F)(F)C(F)(F)C(F)(F)C(F)(F)F)cc1. The molecule has 47 heavy (non-hydrogen) atoms. The molecule has 4 atom stereocenters. The van der Waals surface area contributed by atoms with E-state index in [4.69, 9.17) is 9.47 Å². The predicted octanol–water partition coefficient (Wildman–Crippen LogP) is 12.1. The lowest BCUT2D eigenvalue weighted by Crippen LogP contribution is -2.70. The molecule has 1 aromatic carbocycles. The molecular weight excluding hydrogens is 663 g/mol. The number of alkyl halides is 13. The zero-order valence-electron chi connectivity index (χ0n) is 27.1. The van der Waals surface area contributed by atoms with Crippen LogP contribution in [-0.4, -0.2) is 48.5 Å². The van der Waals surface area contributed by atoms with Gasteiger partial charge in [-0.05, 0) is 55.2 Å². The van der Waals surface area contributed by atoms with Crippen molar-refractivity contribution >= 4 is 0 Å². The molecule has 0 spiro atoms. The van der Waals surface area contributed by atoms with Crippen molar-refractivity contribution in [1.29, 1.82) is 0 Å². The Kier molecular flexibility index (Phi) is 15.7. The molecule has 0 aliphatic rings. The van der Waals surface area contributed by atoms with Crippen LogP contribution in [0, 0.1) is 17.8 Å². The second kappa shape index (κ2) is 17.1. The van der Waals surface area contributed by atoms with E-state index in [0.29, 0.717) is 17.4 Å².